The van der Waals surface area contributed by atoms with Crippen molar-refractivity contribution in [3.63, 3.8) is 0 Å². The van der Waals surface area contributed by atoms with Crippen molar-refractivity contribution in [1.29, 1.82) is 0 Å². The molecule has 4 nitrogen and oxygen atoms in total. The van der Waals surface area contributed by atoms with Gasteiger partial charge in [0, 0.05) is 24.8 Å². The van der Waals surface area contributed by atoms with Crippen molar-refractivity contribution in [2.45, 2.75) is 20.5 Å². The standard InChI is InChI=1S/C13H20N2O2.ClH/c1-3-17-9-11-5-4-6-12(7-11)15-13(16)10(2)8-14;/h4-7,10H,3,8-9,14H2,1-2H3,(H,15,16);1H. The maximum atomic E-state index is 11.6. The van der Waals surface area contributed by atoms with E-state index in [1.165, 1.54) is 0 Å². The fraction of sp³-hybridized carbons (Fsp3) is 0.462. The van der Waals surface area contributed by atoms with Crippen LogP contribution < -0.4 is 11.1 Å². The Labute approximate surface area is 114 Å². The number of nitrogens with one attached hydrogen (secondary N) is 1. The minimum absolute atomic E-state index is 0. The molecule has 1 amide bonds. The molecule has 102 valence electrons. The number of benzene rings is 1. The van der Waals surface area contributed by atoms with Gasteiger partial charge in [0.1, 0.15) is 0 Å². The lowest BCUT2D eigenvalue weighted by molar-refractivity contribution is -0.119. The average molecular weight is 273 g/mol. The van der Waals surface area contributed by atoms with Crippen molar-refractivity contribution in [2.24, 2.45) is 11.7 Å². The fourth-order valence-corrected chi connectivity index (χ4v) is 1.33. The van der Waals surface area contributed by atoms with E-state index in [9.17, 15) is 4.79 Å². The van der Waals surface area contributed by atoms with Gasteiger partial charge in [-0.3, -0.25) is 4.79 Å². The molecule has 1 atom stereocenters. The zero-order valence-corrected chi connectivity index (χ0v) is 11.6. The summed E-state index contributed by atoms with van der Waals surface area (Å²) < 4.78 is 5.32. The first kappa shape index (κ1) is 16.9. The van der Waals surface area contributed by atoms with Gasteiger partial charge in [0.15, 0.2) is 0 Å². The predicted octanol–water partition coefficient (Wildman–Crippen LogP) is 2.18. The van der Waals surface area contributed by atoms with Crippen LogP contribution in [0.3, 0.4) is 0 Å². The summed E-state index contributed by atoms with van der Waals surface area (Å²) in [5.41, 5.74) is 7.27. The lowest BCUT2D eigenvalue weighted by atomic mass is 10.1. The molecular formula is C13H21ClN2O2. The Kier molecular flexibility index (Phi) is 8.37. The van der Waals surface area contributed by atoms with Gasteiger partial charge in [-0.15, -0.1) is 12.4 Å². The van der Waals surface area contributed by atoms with Gasteiger partial charge in [-0.25, -0.2) is 0 Å². The van der Waals surface area contributed by atoms with Gasteiger partial charge in [0.2, 0.25) is 5.91 Å². The van der Waals surface area contributed by atoms with E-state index < -0.39 is 0 Å². The van der Waals surface area contributed by atoms with Crippen molar-refractivity contribution >= 4 is 24.0 Å². The SMILES string of the molecule is CCOCc1cccc(NC(=O)C(C)CN)c1.Cl. The first-order chi connectivity index (χ1) is 8.17. The monoisotopic (exact) mass is 272 g/mol. The molecule has 0 aliphatic heterocycles. The second-order valence-corrected chi connectivity index (χ2v) is 3.96. The Morgan fingerprint density at radius 1 is 1.50 bits per heavy atom. The summed E-state index contributed by atoms with van der Waals surface area (Å²) in [5.74, 6) is -0.230. The summed E-state index contributed by atoms with van der Waals surface area (Å²) in [4.78, 5) is 11.6. The van der Waals surface area contributed by atoms with Crippen LogP contribution in [0.15, 0.2) is 24.3 Å². The van der Waals surface area contributed by atoms with Crippen LogP contribution in [0.2, 0.25) is 0 Å². The number of hydrogen-bond acceptors (Lipinski definition) is 3. The van der Waals surface area contributed by atoms with E-state index in [1.807, 2.05) is 31.2 Å². The van der Waals surface area contributed by atoms with Crippen LogP contribution in [0.25, 0.3) is 0 Å². The second-order valence-electron chi connectivity index (χ2n) is 3.96. The van der Waals surface area contributed by atoms with Gasteiger partial charge < -0.3 is 15.8 Å². The fourth-order valence-electron chi connectivity index (χ4n) is 1.33. The highest BCUT2D eigenvalue weighted by atomic mass is 35.5. The molecule has 0 saturated carbocycles. The topological polar surface area (TPSA) is 64.3 Å². The highest BCUT2D eigenvalue weighted by Gasteiger charge is 2.10. The van der Waals surface area contributed by atoms with Crippen LogP contribution >= 0.6 is 12.4 Å². The highest BCUT2D eigenvalue weighted by Crippen LogP contribution is 2.12. The molecule has 0 radical (unpaired) electrons. The van der Waals surface area contributed by atoms with Crippen molar-refractivity contribution < 1.29 is 9.53 Å². The van der Waals surface area contributed by atoms with Crippen LogP contribution in [0.4, 0.5) is 5.69 Å². The predicted molar refractivity (Wildman–Crippen MR) is 75.9 cm³/mol. The molecule has 1 unspecified atom stereocenters. The molecule has 0 aromatic heterocycles. The molecule has 0 aliphatic carbocycles. The maximum Gasteiger partial charge on any atom is 0.228 e. The third-order valence-corrected chi connectivity index (χ3v) is 2.47. The summed E-state index contributed by atoms with van der Waals surface area (Å²) in [5, 5.41) is 2.83. The van der Waals surface area contributed by atoms with Crippen LogP contribution in [0.5, 0.6) is 0 Å². The molecule has 0 heterocycles. The molecular weight excluding hydrogens is 252 g/mol. The smallest absolute Gasteiger partial charge is 0.228 e. The maximum absolute atomic E-state index is 11.6. The number of anilines is 1. The molecule has 3 N–H and O–H groups in total. The summed E-state index contributed by atoms with van der Waals surface area (Å²) in [6.45, 7) is 5.35. The number of carbonyl (C=O) groups is 1. The molecule has 0 saturated heterocycles. The molecule has 0 fully saturated rings. The Bertz CT molecular complexity index is 372. The van der Waals surface area contributed by atoms with E-state index in [-0.39, 0.29) is 24.2 Å². The summed E-state index contributed by atoms with van der Waals surface area (Å²) in [6.07, 6.45) is 0. The van der Waals surface area contributed by atoms with Crippen LogP contribution in [0, 0.1) is 5.92 Å². The van der Waals surface area contributed by atoms with Gasteiger partial charge >= 0.3 is 0 Å². The van der Waals surface area contributed by atoms with Crippen LogP contribution in [0.1, 0.15) is 19.4 Å². The Hall–Kier alpha value is -1.10. The minimum atomic E-state index is -0.175. The summed E-state index contributed by atoms with van der Waals surface area (Å²) in [7, 11) is 0. The number of amides is 1. The molecule has 0 spiro atoms. The van der Waals surface area contributed by atoms with Gasteiger partial charge in [-0.2, -0.15) is 0 Å². The second kappa shape index (κ2) is 8.91. The summed E-state index contributed by atoms with van der Waals surface area (Å²) in [6, 6.07) is 7.64. The first-order valence-electron chi connectivity index (χ1n) is 5.85. The van der Waals surface area contributed by atoms with E-state index in [1.54, 1.807) is 6.92 Å². The number of hydrogen-bond donors (Lipinski definition) is 2. The van der Waals surface area contributed by atoms with Crippen LogP contribution in [-0.2, 0) is 16.1 Å². The van der Waals surface area contributed by atoms with E-state index in [0.29, 0.717) is 19.8 Å². The molecule has 0 bridgehead atoms. The van der Waals surface area contributed by atoms with E-state index >= 15 is 0 Å². The molecule has 0 aliphatic rings. The van der Waals surface area contributed by atoms with Gasteiger partial charge in [-0.1, -0.05) is 19.1 Å². The lowest BCUT2D eigenvalue weighted by Crippen LogP contribution is -2.26. The minimum Gasteiger partial charge on any atom is -0.377 e. The molecule has 1 rings (SSSR count). The normalized spacial score (nSPS) is 11.5. The van der Waals surface area contributed by atoms with Gasteiger partial charge in [0.25, 0.3) is 0 Å². The number of rotatable bonds is 6. The van der Waals surface area contributed by atoms with Gasteiger partial charge in [0.05, 0.1) is 6.61 Å². The van der Waals surface area contributed by atoms with Crippen LogP contribution in [-0.4, -0.2) is 19.1 Å². The first-order valence-corrected chi connectivity index (χ1v) is 5.85. The number of carbonyl (C=O) groups excluding carboxylic acids is 1. The Balaban J connectivity index is 0.00000289. The van der Waals surface area contributed by atoms with Crippen molar-refractivity contribution in [2.75, 3.05) is 18.5 Å². The largest absolute Gasteiger partial charge is 0.377 e. The third kappa shape index (κ3) is 5.49. The average Bonchev–Trinajstić information content (AvgIpc) is 2.35. The zero-order valence-electron chi connectivity index (χ0n) is 10.8. The quantitative estimate of drug-likeness (QED) is 0.834. The molecule has 1 aromatic rings. The van der Waals surface area contributed by atoms with Crippen molar-refractivity contribution in [3.05, 3.63) is 29.8 Å². The number of nitrogens with two attached hydrogens (primary N) is 1. The number of halogens is 1. The highest BCUT2D eigenvalue weighted by molar-refractivity contribution is 5.92. The van der Waals surface area contributed by atoms with E-state index in [0.717, 1.165) is 11.3 Å². The Morgan fingerprint density at radius 2 is 2.22 bits per heavy atom. The molecule has 1 aromatic carbocycles. The molecule has 5 heteroatoms. The number of ether oxygens (including phenoxy) is 1. The third-order valence-electron chi connectivity index (χ3n) is 2.47. The van der Waals surface area contributed by atoms with Crippen molar-refractivity contribution in [1.82, 2.24) is 0 Å². The van der Waals surface area contributed by atoms with E-state index in [2.05, 4.69) is 5.32 Å². The van der Waals surface area contributed by atoms with E-state index in [4.69, 9.17) is 10.5 Å². The van der Waals surface area contributed by atoms with Crippen molar-refractivity contribution in [3.8, 4) is 0 Å². The lowest BCUT2D eigenvalue weighted by Gasteiger charge is -2.11. The molecule has 18 heavy (non-hydrogen) atoms. The Morgan fingerprint density at radius 3 is 2.83 bits per heavy atom. The van der Waals surface area contributed by atoms with Gasteiger partial charge in [-0.05, 0) is 24.6 Å². The summed E-state index contributed by atoms with van der Waals surface area (Å²) >= 11 is 0. The zero-order chi connectivity index (χ0) is 12.7.